The highest BCUT2D eigenvalue weighted by Crippen LogP contribution is 2.26. The molecule has 1 N–H and O–H groups in total. The average Bonchev–Trinajstić information content (AvgIpc) is 2.52. The Kier molecular flexibility index (Phi) is 1.73. The lowest BCUT2D eigenvalue weighted by atomic mass is 10.1. The highest BCUT2D eigenvalue weighted by atomic mass is 16.3. The second-order valence-electron chi connectivity index (χ2n) is 2.76. The fraction of sp³-hybridized carbons (Fsp3) is 0.111. The highest BCUT2D eigenvalue weighted by molar-refractivity contribution is 5.65. The van der Waals surface area contributed by atoms with Crippen molar-refractivity contribution in [2.45, 2.75) is 0 Å². The maximum absolute atomic E-state index is 9.54. The van der Waals surface area contributed by atoms with Crippen LogP contribution in [0.3, 0.4) is 0 Å². The number of rotatable bonds is 1. The van der Waals surface area contributed by atoms with Crippen molar-refractivity contribution in [1.82, 2.24) is 15.0 Å². The molecule has 0 amide bonds. The van der Waals surface area contributed by atoms with Crippen molar-refractivity contribution in [2.24, 2.45) is 7.05 Å². The van der Waals surface area contributed by atoms with Gasteiger partial charge in [0.15, 0.2) is 0 Å². The van der Waals surface area contributed by atoms with Gasteiger partial charge in [-0.2, -0.15) is 0 Å². The third kappa shape index (κ3) is 1.26. The van der Waals surface area contributed by atoms with Gasteiger partial charge < -0.3 is 5.11 Å². The summed E-state index contributed by atoms with van der Waals surface area (Å²) in [6.45, 7) is 0. The Morgan fingerprint density at radius 2 is 2.08 bits per heavy atom. The molecule has 4 heteroatoms. The van der Waals surface area contributed by atoms with Crippen LogP contribution in [0.25, 0.3) is 11.3 Å². The van der Waals surface area contributed by atoms with Crippen molar-refractivity contribution < 1.29 is 5.11 Å². The SMILES string of the molecule is Cn1nncc1-c1ccccc1O. The van der Waals surface area contributed by atoms with E-state index in [1.807, 2.05) is 12.1 Å². The molecule has 0 unspecified atom stereocenters. The van der Waals surface area contributed by atoms with E-state index in [2.05, 4.69) is 10.3 Å². The monoisotopic (exact) mass is 175 g/mol. The minimum Gasteiger partial charge on any atom is -0.507 e. The number of hydrogen-bond acceptors (Lipinski definition) is 3. The molecule has 13 heavy (non-hydrogen) atoms. The highest BCUT2D eigenvalue weighted by Gasteiger charge is 2.06. The summed E-state index contributed by atoms with van der Waals surface area (Å²) in [5, 5.41) is 17.1. The second-order valence-corrected chi connectivity index (χ2v) is 2.76. The molecule has 1 aromatic carbocycles. The van der Waals surface area contributed by atoms with Gasteiger partial charge >= 0.3 is 0 Å². The van der Waals surface area contributed by atoms with E-state index >= 15 is 0 Å². The first-order chi connectivity index (χ1) is 6.29. The first-order valence-electron chi connectivity index (χ1n) is 3.92. The molecule has 2 aromatic rings. The maximum atomic E-state index is 9.54. The number of aromatic hydroxyl groups is 1. The Morgan fingerprint density at radius 3 is 2.69 bits per heavy atom. The maximum Gasteiger partial charge on any atom is 0.125 e. The van der Waals surface area contributed by atoms with E-state index in [0.717, 1.165) is 11.3 Å². The van der Waals surface area contributed by atoms with Crippen LogP contribution < -0.4 is 0 Å². The fourth-order valence-electron chi connectivity index (χ4n) is 1.22. The number of nitrogens with zero attached hydrogens (tertiary/aromatic N) is 3. The third-order valence-corrected chi connectivity index (χ3v) is 1.89. The topological polar surface area (TPSA) is 50.9 Å². The van der Waals surface area contributed by atoms with Gasteiger partial charge in [-0.05, 0) is 12.1 Å². The van der Waals surface area contributed by atoms with Crippen LogP contribution in [-0.4, -0.2) is 20.1 Å². The number of hydrogen-bond donors (Lipinski definition) is 1. The van der Waals surface area contributed by atoms with Crippen LogP contribution in [0.15, 0.2) is 30.5 Å². The van der Waals surface area contributed by atoms with Gasteiger partial charge in [0, 0.05) is 12.6 Å². The second kappa shape index (κ2) is 2.90. The van der Waals surface area contributed by atoms with Crippen molar-refractivity contribution in [3.05, 3.63) is 30.5 Å². The summed E-state index contributed by atoms with van der Waals surface area (Å²) in [7, 11) is 1.79. The molecule has 0 aliphatic rings. The van der Waals surface area contributed by atoms with Crippen LogP contribution in [0, 0.1) is 0 Å². The molecule has 2 rings (SSSR count). The molecule has 0 saturated heterocycles. The molecule has 0 atom stereocenters. The summed E-state index contributed by atoms with van der Waals surface area (Å²) < 4.78 is 1.62. The van der Waals surface area contributed by atoms with Crippen molar-refractivity contribution >= 4 is 0 Å². The summed E-state index contributed by atoms with van der Waals surface area (Å²) in [6, 6.07) is 7.11. The Morgan fingerprint density at radius 1 is 1.31 bits per heavy atom. The number of aryl methyl sites for hydroxylation is 1. The van der Waals surface area contributed by atoms with Crippen molar-refractivity contribution in [3.63, 3.8) is 0 Å². The van der Waals surface area contributed by atoms with Gasteiger partial charge in [0.25, 0.3) is 0 Å². The Hall–Kier alpha value is -1.84. The molecular weight excluding hydrogens is 166 g/mol. The van der Waals surface area contributed by atoms with E-state index in [1.54, 1.807) is 30.1 Å². The van der Waals surface area contributed by atoms with Gasteiger partial charge in [0.1, 0.15) is 5.75 Å². The van der Waals surface area contributed by atoms with E-state index in [1.165, 1.54) is 0 Å². The van der Waals surface area contributed by atoms with E-state index in [4.69, 9.17) is 0 Å². The summed E-state index contributed by atoms with van der Waals surface area (Å²) in [6.07, 6.45) is 1.62. The number of aromatic nitrogens is 3. The Balaban J connectivity index is 2.59. The smallest absolute Gasteiger partial charge is 0.125 e. The minimum absolute atomic E-state index is 0.243. The largest absolute Gasteiger partial charge is 0.507 e. The van der Waals surface area contributed by atoms with Crippen molar-refractivity contribution in [1.29, 1.82) is 0 Å². The molecule has 0 radical (unpaired) electrons. The molecule has 1 aromatic heterocycles. The summed E-state index contributed by atoms with van der Waals surface area (Å²) in [5.74, 6) is 0.243. The van der Waals surface area contributed by atoms with E-state index in [-0.39, 0.29) is 5.75 Å². The van der Waals surface area contributed by atoms with Gasteiger partial charge in [-0.25, -0.2) is 4.68 Å². The minimum atomic E-state index is 0.243. The molecular formula is C9H9N3O. The molecule has 0 bridgehead atoms. The molecule has 0 aliphatic carbocycles. The zero-order valence-electron chi connectivity index (χ0n) is 7.18. The summed E-state index contributed by atoms with van der Waals surface area (Å²) >= 11 is 0. The lowest BCUT2D eigenvalue weighted by Crippen LogP contribution is -1.93. The average molecular weight is 175 g/mol. The predicted molar refractivity (Wildman–Crippen MR) is 48.1 cm³/mol. The zero-order valence-corrected chi connectivity index (χ0v) is 7.18. The van der Waals surface area contributed by atoms with E-state index < -0.39 is 0 Å². The number of benzene rings is 1. The number of para-hydroxylation sites is 1. The zero-order chi connectivity index (χ0) is 9.26. The predicted octanol–water partition coefficient (Wildman–Crippen LogP) is 1.19. The van der Waals surface area contributed by atoms with Crippen LogP contribution in [-0.2, 0) is 7.05 Å². The fourth-order valence-corrected chi connectivity index (χ4v) is 1.22. The van der Waals surface area contributed by atoms with Gasteiger partial charge in [0.05, 0.1) is 11.9 Å². The van der Waals surface area contributed by atoms with Crippen LogP contribution >= 0.6 is 0 Å². The molecule has 66 valence electrons. The van der Waals surface area contributed by atoms with Gasteiger partial charge in [-0.1, -0.05) is 17.3 Å². The lowest BCUT2D eigenvalue weighted by Gasteiger charge is -2.02. The van der Waals surface area contributed by atoms with Crippen LogP contribution in [0.1, 0.15) is 0 Å². The Bertz CT molecular complexity index is 422. The Labute approximate surface area is 75.4 Å². The van der Waals surface area contributed by atoms with E-state index in [0.29, 0.717) is 0 Å². The molecule has 0 aliphatic heterocycles. The molecule has 0 spiro atoms. The van der Waals surface area contributed by atoms with Crippen molar-refractivity contribution in [3.8, 4) is 17.0 Å². The normalized spacial score (nSPS) is 10.2. The van der Waals surface area contributed by atoms with Gasteiger partial charge in [-0.3, -0.25) is 0 Å². The van der Waals surface area contributed by atoms with Gasteiger partial charge in [-0.15, -0.1) is 5.10 Å². The molecule has 0 fully saturated rings. The van der Waals surface area contributed by atoms with Crippen LogP contribution in [0.2, 0.25) is 0 Å². The summed E-state index contributed by atoms with van der Waals surface area (Å²) in [4.78, 5) is 0. The van der Waals surface area contributed by atoms with Crippen LogP contribution in [0.4, 0.5) is 0 Å². The molecule has 1 heterocycles. The third-order valence-electron chi connectivity index (χ3n) is 1.89. The quantitative estimate of drug-likeness (QED) is 0.708. The first kappa shape index (κ1) is 7.79. The summed E-state index contributed by atoms with van der Waals surface area (Å²) in [5.41, 5.74) is 1.55. The standard InChI is InChI=1S/C9H9N3O/c1-12-8(6-10-11-12)7-4-2-3-5-9(7)13/h2-6,13H,1H3. The van der Waals surface area contributed by atoms with E-state index in [9.17, 15) is 5.11 Å². The van der Waals surface area contributed by atoms with Gasteiger partial charge in [0.2, 0.25) is 0 Å². The van der Waals surface area contributed by atoms with Crippen LogP contribution in [0.5, 0.6) is 5.75 Å². The molecule has 4 nitrogen and oxygen atoms in total. The molecule has 0 saturated carbocycles. The number of phenols is 1. The first-order valence-corrected chi connectivity index (χ1v) is 3.92. The van der Waals surface area contributed by atoms with Crippen molar-refractivity contribution in [2.75, 3.05) is 0 Å². The lowest BCUT2D eigenvalue weighted by molar-refractivity contribution is 0.476. The number of phenolic OH excluding ortho intramolecular Hbond substituents is 1.